The number of halogens is 2. The van der Waals surface area contributed by atoms with Gasteiger partial charge in [0.1, 0.15) is 0 Å². The van der Waals surface area contributed by atoms with Crippen LogP contribution in [0, 0.1) is 13.8 Å². The Labute approximate surface area is 151 Å². The number of sulfonamides is 1. The van der Waals surface area contributed by atoms with Gasteiger partial charge in [0.15, 0.2) is 0 Å². The molecule has 0 unspecified atom stereocenters. The number of amides is 1. The van der Waals surface area contributed by atoms with Crippen LogP contribution in [0.4, 0.5) is 0 Å². The van der Waals surface area contributed by atoms with E-state index in [1.54, 1.807) is 31.2 Å². The van der Waals surface area contributed by atoms with Gasteiger partial charge in [0.25, 0.3) is 15.9 Å². The third-order valence-corrected chi connectivity index (χ3v) is 4.95. The molecule has 0 atom stereocenters. The number of hydrogen-bond acceptors (Lipinski definition) is 3. The number of benzene rings is 2. The van der Waals surface area contributed by atoms with E-state index in [4.69, 9.17) is 23.2 Å². The molecule has 1 N–H and O–H groups in total. The Kier molecular flexibility index (Phi) is 5.70. The Morgan fingerprint density at radius 3 is 2.38 bits per heavy atom. The molecular formula is C17H15Cl2NO3S. The normalized spacial score (nSPS) is 11.7. The van der Waals surface area contributed by atoms with Crippen molar-refractivity contribution in [3.05, 3.63) is 74.1 Å². The fraction of sp³-hybridized carbons (Fsp3) is 0.118. The zero-order chi connectivity index (χ0) is 17.9. The Bertz CT molecular complexity index is 921. The average molecular weight is 384 g/mol. The average Bonchev–Trinajstić information content (AvgIpc) is 2.48. The molecule has 0 spiro atoms. The fourth-order valence-corrected chi connectivity index (χ4v) is 3.15. The summed E-state index contributed by atoms with van der Waals surface area (Å²) in [4.78, 5) is 12.1. The topological polar surface area (TPSA) is 63.2 Å². The van der Waals surface area contributed by atoms with E-state index in [2.05, 4.69) is 0 Å². The molecule has 1 amide bonds. The zero-order valence-electron chi connectivity index (χ0n) is 13.0. The van der Waals surface area contributed by atoms with Gasteiger partial charge in [-0.1, -0.05) is 47.0 Å². The number of hydrogen-bond donors (Lipinski definition) is 1. The first-order valence-electron chi connectivity index (χ1n) is 6.95. The molecule has 0 saturated heterocycles. The molecule has 2 aromatic rings. The van der Waals surface area contributed by atoms with Gasteiger partial charge < -0.3 is 0 Å². The van der Waals surface area contributed by atoms with Gasteiger partial charge in [-0.25, -0.2) is 13.1 Å². The van der Waals surface area contributed by atoms with Gasteiger partial charge >= 0.3 is 0 Å². The van der Waals surface area contributed by atoms with Crippen LogP contribution in [-0.2, 0) is 10.0 Å². The van der Waals surface area contributed by atoms with Crippen LogP contribution >= 0.6 is 23.2 Å². The number of rotatable bonds is 4. The maximum absolute atomic E-state index is 12.1. The van der Waals surface area contributed by atoms with E-state index in [0.717, 1.165) is 11.0 Å². The van der Waals surface area contributed by atoms with Crippen LogP contribution in [0.1, 0.15) is 27.0 Å². The first kappa shape index (κ1) is 18.5. The molecule has 0 heterocycles. The standard InChI is InChI=1S/C17H15Cl2NO3S/c1-11-3-5-14(12(2)9-11)17(21)20-24(22,23)8-7-13-4-6-15(18)16(19)10-13/h3-10H,1-2H3,(H,20,21)/b8-7+. The van der Waals surface area contributed by atoms with Crippen molar-refractivity contribution in [1.29, 1.82) is 0 Å². The van der Waals surface area contributed by atoms with Crippen molar-refractivity contribution in [3.63, 3.8) is 0 Å². The minimum absolute atomic E-state index is 0.312. The number of nitrogens with one attached hydrogen (secondary N) is 1. The predicted octanol–water partition coefficient (Wildman–Crippen LogP) is 4.34. The molecule has 7 heteroatoms. The van der Waals surface area contributed by atoms with Crippen LogP contribution in [0.5, 0.6) is 0 Å². The summed E-state index contributed by atoms with van der Waals surface area (Å²) in [6.07, 6.45) is 1.33. The first-order valence-corrected chi connectivity index (χ1v) is 9.26. The van der Waals surface area contributed by atoms with Crippen molar-refractivity contribution < 1.29 is 13.2 Å². The zero-order valence-corrected chi connectivity index (χ0v) is 15.3. The molecule has 0 fully saturated rings. The van der Waals surface area contributed by atoms with Crippen molar-refractivity contribution in [2.24, 2.45) is 0 Å². The summed E-state index contributed by atoms with van der Waals surface area (Å²) >= 11 is 11.7. The number of aryl methyl sites for hydroxylation is 2. The lowest BCUT2D eigenvalue weighted by atomic mass is 10.1. The van der Waals surface area contributed by atoms with Crippen LogP contribution < -0.4 is 4.72 Å². The van der Waals surface area contributed by atoms with Crippen LogP contribution in [0.2, 0.25) is 10.0 Å². The van der Waals surface area contributed by atoms with Gasteiger partial charge in [-0.3, -0.25) is 4.79 Å². The summed E-state index contributed by atoms with van der Waals surface area (Å²) in [5.74, 6) is -0.675. The molecule has 0 bridgehead atoms. The predicted molar refractivity (Wildman–Crippen MR) is 97.8 cm³/mol. The van der Waals surface area contributed by atoms with Gasteiger partial charge in [0, 0.05) is 5.56 Å². The fourth-order valence-electron chi connectivity index (χ4n) is 2.07. The van der Waals surface area contributed by atoms with Gasteiger partial charge in [0.2, 0.25) is 0 Å². The number of carbonyl (C=O) groups excluding carboxylic acids is 1. The highest BCUT2D eigenvalue weighted by molar-refractivity contribution is 7.93. The van der Waals surface area contributed by atoms with E-state index < -0.39 is 15.9 Å². The second kappa shape index (κ2) is 7.38. The van der Waals surface area contributed by atoms with E-state index in [-0.39, 0.29) is 0 Å². The highest BCUT2D eigenvalue weighted by Gasteiger charge is 2.15. The Morgan fingerprint density at radius 2 is 1.75 bits per heavy atom. The molecule has 2 aromatic carbocycles. The van der Waals surface area contributed by atoms with Crippen LogP contribution in [0.3, 0.4) is 0 Å². The molecule has 0 aliphatic heterocycles. The van der Waals surface area contributed by atoms with E-state index >= 15 is 0 Å². The largest absolute Gasteiger partial charge is 0.268 e. The minimum atomic E-state index is -3.93. The van der Waals surface area contributed by atoms with E-state index in [9.17, 15) is 13.2 Å². The molecule has 4 nitrogen and oxygen atoms in total. The summed E-state index contributed by atoms with van der Waals surface area (Å²) in [5, 5.41) is 1.60. The monoisotopic (exact) mass is 383 g/mol. The van der Waals surface area contributed by atoms with Crippen molar-refractivity contribution >= 4 is 45.2 Å². The maximum atomic E-state index is 12.1. The minimum Gasteiger partial charge on any atom is -0.268 e. The maximum Gasteiger partial charge on any atom is 0.265 e. The third kappa shape index (κ3) is 4.84. The number of carbonyl (C=O) groups is 1. The van der Waals surface area contributed by atoms with E-state index in [1.165, 1.54) is 12.1 Å². The smallest absolute Gasteiger partial charge is 0.265 e. The Balaban J connectivity index is 2.16. The second-order valence-electron chi connectivity index (χ2n) is 5.27. The molecule has 0 saturated carbocycles. The Morgan fingerprint density at radius 1 is 1.04 bits per heavy atom. The van der Waals surface area contributed by atoms with Gasteiger partial charge in [0.05, 0.1) is 15.5 Å². The van der Waals surface area contributed by atoms with Gasteiger partial charge in [-0.15, -0.1) is 0 Å². The van der Waals surface area contributed by atoms with Crippen molar-refractivity contribution in [2.45, 2.75) is 13.8 Å². The molecule has 0 aliphatic rings. The molecule has 0 radical (unpaired) electrons. The lowest BCUT2D eigenvalue weighted by molar-refractivity contribution is 0.0981. The van der Waals surface area contributed by atoms with E-state index in [1.807, 2.05) is 17.7 Å². The molecular weight excluding hydrogens is 369 g/mol. The van der Waals surface area contributed by atoms with Crippen LogP contribution in [0.15, 0.2) is 41.8 Å². The van der Waals surface area contributed by atoms with Crippen molar-refractivity contribution in [1.82, 2.24) is 4.72 Å². The molecule has 24 heavy (non-hydrogen) atoms. The first-order chi connectivity index (χ1) is 11.2. The van der Waals surface area contributed by atoms with Crippen LogP contribution in [-0.4, -0.2) is 14.3 Å². The quantitative estimate of drug-likeness (QED) is 0.853. The molecule has 0 aromatic heterocycles. The van der Waals surface area contributed by atoms with Gasteiger partial charge in [-0.05, 0) is 49.2 Å². The van der Waals surface area contributed by atoms with Crippen molar-refractivity contribution in [2.75, 3.05) is 0 Å². The summed E-state index contributed by atoms with van der Waals surface area (Å²) < 4.78 is 26.1. The second-order valence-corrected chi connectivity index (χ2v) is 7.65. The SMILES string of the molecule is Cc1ccc(C(=O)NS(=O)(=O)/C=C/c2ccc(Cl)c(Cl)c2)c(C)c1. The highest BCUT2D eigenvalue weighted by atomic mass is 35.5. The van der Waals surface area contributed by atoms with E-state index in [0.29, 0.717) is 26.7 Å². The summed E-state index contributed by atoms with van der Waals surface area (Å²) in [6.45, 7) is 3.64. The molecule has 2 rings (SSSR count). The summed E-state index contributed by atoms with van der Waals surface area (Å²) in [5.41, 5.74) is 2.56. The summed E-state index contributed by atoms with van der Waals surface area (Å²) in [7, 11) is -3.93. The van der Waals surface area contributed by atoms with Crippen molar-refractivity contribution in [3.8, 4) is 0 Å². The van der Waals surface area contributed by atoms with Crippen LogP contribution in [0.25, 0.3) is 6.08 Å². The highest BCUT2D eigenvalue weighted by Crippen LogP contribution is 2.23. The lowest BCUT2D eigenvalue weighted by Crippen LogP contribution is -2.29. The molecule has 126 valence electrons. The lowest BCUT2D eigenvalue weighted by Gasteiger charge is -2.07. The van der Waals surface area contributed by atoms with Gasteiger partial charge in [-0.2, -0.15) is 0 Å². The third-order valence-electron chi connectivity index (χ3n) is 3.24. The summed E-state index contributed by atoms with van der Waals surface area (Å²) in [6, 6.07) is 9.86. The molecule has 0 aliphatic carbocycles. The Hall–Kier alpha value is -1.82.